The number of nitrogens with one attached hydrogen (secondary N) is 1. The number of carbonyl (C=O) groups is 1. The summed E-state index contributed by atoms with van der Waals surface area (Å²) in [5.41, 5.74) is 5.23. The van der Waals surface area contributed by atoms with E-state index >= 15 is 0 Å². The van der Waals surface area contributed by atoms with Crippen molar-refractivity contribution in [2.75, 3.05) is 13.2 Å². The zero-order valence-corrected chi connectivity index (χ0v) is 10.5. The molecule has 0 fully saturated rings. The van der Waals surface area contributed by atoms with Crippen molar-refractivity contribution in [3.05, 3.63) is 0 Å². The van der Waals surface area contributed by atoms with Gasteiger partial charge in [-0.25, -0.2) is 0 Å². The molecular weight excluding hydrogens is 192 g/mol. The van der Waals surface area contributed by atoms with Crippen LogP contribution in [0.4, 0.5) is 0 Å². The van der Waals surface area contributed by atoms with Crippen LogP contribution in [0, 0.1) is 5.92 Å². The number of amides is 1. The Kier molecular flexibility index (Phi) is 5.83. The smallest absolute Gasteiger partial charge is 0.246 e. The number of nitrogens with two attached hydrogens (primary N) is 1. The number of hydrogen-bond acceptors (Lipinski definition) is 3. The van der Waals surface area contributed by atoms with Gasteiger partial charge >= 0.3 is 0 Å². The number of ether oxygens (including phenoxy) is 1. The molecule has 4 heteroatoms. The maximum atomic E-state index is 11.4. The van der Waals surface area contributed by atoms with E-state index in [4.69, 9.17) is 10.5 Å². The van der Waals surface area contributed by atoms with E-state index in [9.17, 15) is 4.79 Å². The van der Waals surface area contributed by atoms with Crippen LogP contribution < -0.4 is 11.1 Å². The van der Waals surface area contributed by atoms with Gasteiger partial charge in [0.1, 0.15) is 6.61 Å². The summed E-state index contributed by atoms with van der Waals surface area (Å²) < 4.78 is 5.36. The van der Waals surface area contributed by atoms with Gasteiger partial charge < -0.3 is 15.8 Å². The van der Waals surface area contributed by atoms with E-state index in [0.717, 1.165) is 0 Å². The monoisotopic (exact) mass is 216 g/mol. The van der Waals surface area contributed by atoms with Crippen LogP contribution in [-0.4, -0.2) is 30.7 Å². The normalized spacial score (nSPS) is 15.9. The van der Waals surface area contributed by atoms with Gasteiger partial charge in [0.2, 0.25) is 5.91 Å². The van der Waals surface area contributed by atoms with E-state index in [1.165, 1.54) is 0 Å². The van der Waals surface area contributed by atoms with Crippen LogP contribution in [0.1, 0.15) is 34.6 Å². The molecule has 0 saturated heterocycles. The maximum Gasteiger partial charge on any atom is 0.246 e. The lowest BCUT2D eigenvalue weighted by molar-refractivity contribution is -0.131. The molecule has 0 aromatic rings. The molecule has 0 rings (SSSR count). The Morgan fingerprint density at radius 2 is 1.93 bits per heavy atom. The van der Waals surface area contributed by atoms with Crippen LogP contribution >= 0.6 is 0 Å². The first-order chi connectivity index (χ1) is 6.76. The molecule has 0 aliphatic carbocycles. The number of hydrogen-bond donors (Lipinski definition) is 2. The van der Waals surface area contributed by atoms with Gasteiger partial charge in [-0.05, 0) is 40.2 Å². The average molecular weight is 216 g/mol. The topological polar surface area (TPSA) is 64.3 Å². The second-order valence-electron chi connectivity index (χ2n) is 4.97. The van der Waals surface area contributed by atoms with E-state index in [1.54, 1.807) is 0 Å². The quantitative estimate of drug-likeness (QED) is 0.717. The van der Waals surface area contributed by atoms with Gasteiger partial charge in [-0.15, -0.1) is 0 Å². The molecule has 90 valence electrons. The predicted octanol–water partition coefficient (Wildman–Crippen LogP) is 0.901. The van der Waals surface area contributed by atoms with Crippen LogP contribution in [0.3, 0.4) is 0 Å². The zero-order valence-electron chi connectivity index (χ0n) is 10.5. The zero-order chi connectivity index (χ0) is 12.1. The van der Waals surface area contributed by atoms with Crippen LogP contribution in [0.5, 0.6) is 0 Å². The highest BCUT2D eigenvalue weighted by Crippen LogP contribution is 2.06. The fourth-order valence-electron chi connectivity index (χ4n) is 0.924. The molecule has 0 aliphatic heterocycles. The highest BCUT2D eigenvalue weighted by Gasteiger charge is 2.16. The summed E-state index contributed by atoms with van der Waals surface area (Å²) >= 11 is 0. The first-order valence-electron chi connectivity index (χ1n) is 5.39. The second kappa shape index (κ2) is 6.08. The van der Waals surface area contributed by atoms with Crippen molar-refractivity contribution >= 4 is 5.91 Å². The molecule has 0 saturated carbocycles. The summed E-state index contributed by atoms with van der Waals surface area (Å²) in [6.45, 7) is 10.4. The van der Waals surface area contributed by atoms with Crippen LogP contribution in [0.25, 0.3) is 0 Å². The van der Waals surface area contributed by atoms with Gasteiger partial charge in [0, 0.05) is 6.04 Å². The Hall–Kier alpha value is -0.610. The van der Waals surface area contributed by atoms with E-state index in [-0.39, 0.29) is 30.1 Å². The highest BCUT2D eigenvalue weighted by atomic mass is 16.5. The first-order valence-corrected chi connectivity index (χ1v) is 5.39. The van der Waals surface area contributed by atoms with Gasteiger partial charge in [0.05, 0.1) is 5.60 Å². The summed E-state index contributed by atoms with van der Waals surface area (Å²) in [6.07, 6.45) is 0. The standard InChI is InChI=1S/C11H24N2O2/c1-8(6-12)9(2)13-10(14)7-15-11(3,4)5/h8-9H,6-7,12H2,1-5H3,(H,13,14). The van der Waals surface area contributed by atoms with Gasteiger partial charge in [-0.3, -0.25) is 4.79 Å². The third-order valence-corrected chi connectivity index (χ3v) is 2.25. The Labute approximate surface area is 92.6 Å². The fourth-order valence-corrected chi connectivity index (χ4v) is 0.924. The van der Waals surface area contributed by atoms with E-state index in [0.29, 0.717) is 6.54 Å². The molecule has 0 spiro atoms. The van der Waals surface area contributed by atoms with Gasteiger partial charge in [-0.1, -0.05) is 6.92 Å². The van der Waals surface area contributed by atoms with E-state index in [1.807, 2.05) is 34.6 Å². The molecule has 2 atom stereocenters. The molecule has 3 N–H and O–H groups in total. The Morgan fingerprint density at radius 3 is 2.33 bits per heavy atom. The summed E-state index contributed by atoms with van der Waals surface area (Å²) in [4.78, 5) is 11.4. The van der Waals surface area contributed by atoms with Crippen LogP contribution in [0.15, 0.2) is 0 Å². The van der Waals surface area contributed by atoms with Crippen molar-refractivity contribution in [2.45, 2.75) is 46.3 Å². The third kappa shape index (κ3) is 7.33. The molecule has 0 aromatic heterocycles. The minimum Gasteiger partial charge on any atom is -0.366 e. The second-order valence-corrected chi connectivity index (χ2v) is 4.97. The van der Waals surface area contributed by atoms with Crippen molar-refractivity contribution in [3.63, 3.8) is 0 Å². The lowest BCUT2D eigenvalue weighted by Gasteiger charge is -2.22. The van der Waals surface area contributed by atoms with Crippen molar-refractivity contribution in [1.29, 1.82) is 0 Å². The molecular formula is C11H24N2O2. The molecule has 0 aromatic carbocycles. The minimum atomic E-state index is -0.278. The summed E-state index contributed by atoms with van der Waals surface area (Å²) in [5, 5.41) is 2.86. The highest BCUT2D eigenvalue weighted by molar-refractivity contribution is 5.77. The summed E-state index contributed by atoms with van der Waals surface area (Å²) in [6, 6.07) is 0.0890. The largest absolute Gasteiger partial charge is 0.366 e. The molecule has 0 aliphatic rings. The minimum absolute atomic E-state index is 0.0854. The summed E-state index contributed by atoms with van der Waals surface area (Å²) in [5.74, 6) is 0.196. The van der Waals surface area contributed by atoms with E-state index in [2.05, 4.69) is 5.32 Å². The first kappa shape index (κ1) is 14.4. The van der Waals surface area contributed by atoms with Gasteiger partial charge in [-0.2, -0.15) is 0 Å². The molecule has 0 radical (unpaired) electrons. The SMILES string of the molecule is CC(CN)C(C)NC(=O)COC(C)(C)C. The lowest BCUT2D eigenvalue weighted by Crippen LogP contribution is -2.42. The average Bonchev–Trinajstić information content (AvgIpc) is 2.12. The van der Waals surface area contributed by atoms with Crippen molar-refractivity contribution < 1.29 is 9.53 Å². The Morgan fingerprint density at radius 1 is 1.40 bits per heavy atom. The van der Waals surface area contributed by atoms with Crippen molar-refractivity contribution in [1.82, 2.24) is 5.32 Å². The molecule has 1 amide bonds. The predicted molar refractivity (Wildman–Crippen MR) is 61.5 cm³/mol. The lowest BCUT2D eigenvalue weighted by atomic mass is 10.0. The molecule has 0 heterocycles. The van der Waals surface area contributed by atoms with Crippen LogP contribution in [-0.2, 0) is 9.53 Å². The molecule has 15 heavy (non-hydrogen) atoms. The number of carbonyl (C=O) groups excluding carboxylic acids is 1. The van der Waals surface area contributed by atoms with E-state index < -0.39 is 0 Å². The van der Waals surface area contributed by atoms with Gasteiger partial charge in [0.15, 0.2) is 0 Å². The van der Waals surface area contributed by atoms with Crippen LogP contribution in [0.2, 0.25) is 0 Å². The maximum absolute atomic E-state index is 11.4. The molecule has 4 nitrogen and oxygen atoms in total. The van der Waals surface area contributed by atoms with Crippen molar-refractivity contribution in [3.8, 4) is 0 Å². The fraction of sp³-hybridized carbons (Fsp3) is 0.909. The number of rotatable bonds is 5. The van der Waals surface area contributed by atoms with Crippen molar-refractivity contribution in [2.24, 2.45) is 11.7 Å². The Bertz CT molecular complexity index is 199. The summed E-state index contributed by atoms with van der Waals surface area (Å²) in [7, 11) is 0. The molecule has 0 bridgehead atoms. The third-order valence-electron chi connectivity index (χ3n) is 2.25. The Balaban J connectivity index is 3.84. The molecule has 2 unspecified atom stereocenters. The van der Waals surface area contributed by atoms with Gasteiger partial charge in [0.25, 0.3) is 0 Å².